The average molecular weight is 276 g/mol. The molecule has 3 rings (SSSR count). The zero-order valence-electron chi connectivity index (χ0n) is 12.3. The first-order valence-electron chi connectivity index (χ1n) is 7.72. The van der Waals surface area contributed by atoms with E-state index < -0.39 is 0 Å². The third-order valence-electron chi connectivity index (χ3n) is 4.61. The molecule has 2 aliphatic rings. The first-order valence-corrected chi connectivity index (χ1v) is 7.72. The van der Waals surface area contributed by atoms with Crippen molar-refractivity contribution in [1.29, 1.82) is 0 Å². The van der Waals surface area contributed by atoms with Crippen molar-refractivity contribution in [2.75, 3.05) is 17.3 Å². The van der Waals surface area contributed by atoms with Gasteiger partial charge in [0.25, 0.3) is 0 Å². The molecule has 0 radical (unpaired) electrons. The molecule has 20 heavy (non-hydrogen) atoms. The first-order chi connectivity index (χ1) is 9.74. The van der Waals surface area contributed by atoms with E-state index >= 15 is 0 Å². The second-order valence-electron chi connectivity index (χ2n) is 5.94. The fourth-order valence-electron chi connectivity index (χ4n) is 3.82. The molecule has 2 bridgehead atoms. The van der Waals surface area contributed by atoms with Gasteiger partial charge in [-0.15, -0.1) is 0 Å². The van der Waals surface area contributed by atoms with Crippen LogP contribution in [0.2, 0.25) is 0 Å². The smallest absolute Gasteiger partial charge is 0.137 e. The molecule has 2 N–H and O–H groups in total. The van der Waals surface area contributed by atoms with Crippen molar-refractivity contribution < 1.29 is 5.11 Å². The molecule has 0 spiro atoms. The van der Waals surface area contributed by atoms with Crippen LogP contribution in [0, 0.1) is 0 Å². The lowest BCUT2D eigenvalue weighted by Gasteiger charge is -2.39. The highest BCUT2D eigenvalue weighted by molar-refractivity contribution is 5.60. The van der Waals surface area contributed by atoms with E-state index in [1.807, 2.05) is 7.05 Å². The molecule has 0 amide bonds. The Morgan fingerprint density at radius 2 is 2.00 bits per heavy atom. The Hall–Kier alpha value is -1.36. The van der Waals surface area contributed by atoms with Gasteiger partial charge in [0.15, 0.2) is 0 Å². The number of anilines is 2. The van der Waals surface area contributed by atoms with Crippen LogP contribution >= 0.6 is 0 Å². The topological polar surface area (TPSA) is 61.3 Å². The zero-order chi connectivity index (χ0) is 14.1. The van der Waals surface area contributed by atoms with Crippen LogP contribution < -0.4 is 10.2 Å². The summed E-state index contributed by atoms with van der Waals surface area (Å²) < 4.78 is 0. The summed E-state index contributed by atoms with van der Waals surface area (Å²) in [6.07, 6.45) is 7.69. The number of nitrogens with zero attached hydrogens (tertiary/aromatic N) is 3. The van der Waals surface area contributed by atoms with Gasteiger partial charge in [-0.2, -0.15) is 0 Å². The van der Waals surface area contributed by atoms with Gasteiger partial charge in [-0.1, -0.05) is 13.3 Å². The number of aliphatic hydroxyl groups excluding tert-OH is 1. The molecule has 2 atom stereocenters. The van der Waals surface area contributed by atoms with Crippen molar-refractivity contribution in [3.05, 3.63) is 11.9 Å². The van der Waals surface area contributed by atoms with E-state index in [1.165, 1.54) is 18.4 Å². The summed E-state index contributed by atoms with van der Waals surface area (Å²) in [4.78, 5) is 11.4. The molecular formula is C15H24N4O. The van der Waals surface area contributed by atoms with E-state index in [1.54, 1.807) is 6.33 Å². The molecule has 2 saturated heterocycles. The monoisotopic (exact) mass is 276 g/mol. The summed E-state index contributed by atoms with van der Waals surface area (Å²) in [5, 5.41) is 13.1. The van der Waals surface area contributed by atoms with Gasteiger partial charge in [0, 0.05) is 24.7 Å². The SMILES string of the molecule is CCCc1c(NC)ncnc1N1C2CCC1CC(O)C2. The van der Waals surface area contributed by atoms with Gasteiger partial charge in [-0.05, 0) is 32.1 Å². The number of rotatable bonds is 4. The number of hydrogen-bond donors (Lipinski definition) is 2. The number of hydrogen-bond acceptors (Lipinski definition) is 5. The molecule has 2 aliphatic heterocycles. The maximum absolute atomic E-state index is 9.96. The van der Waals surface area contributed by atoms with Crippen LogP contribution in [0.15, 0.2) is 6.33 Å². The highest BCUT2D eigenvalue weighted by Gasteiger charge is 2.41. The van der Waals surface area contributed by atoms with Crippen LogP contribution in [0.25, 0.3) is 0 Å². The highest BCUT2D eigenvalue weighted by atomic mass is 16.3. The van der Waals surface area contributed by atoms with Gasteiger partial charge in [0.05, 0.1) is 6.10 Å². The maximum Gasteiger partial charge on any atom is 0.137 e. The largest absolute Gasteiger partial charge is 0.393 e. The maximum atomic E-state index is 9.96. The van der Waals surface area contributed by atoms with Crippen LogP contribution in [-0.4, -0.2) is 40.3 Å². The fourth-order valence-corrected chi connectivity index (χ4v) is 3.82. The van der Waals surface area contributed by atoms with Crippen molar-refractivity contribution in [2.24, 2.45) is 0 Å². The van der Waals surface area contributed by atoms with Crippen molar-refractivity contribution in [2.45, 2.75) is 63.6 Å². The van der Waals surface area contributed by atoms with Crippen molar-refractivity contribution in [3.63, 3.8) is 0 Å². The second-order valence-corrected chi connectivity index (χ2v) is 5.94. The molecule has 5 heteroatoms. The Bertz CT molecular complexity index is 465. The third kappa shape index (κ3) is 2.24. The Morgan fingerprint density at radius 3 is 2.60 bits per heavy atom. The lowest BCUT2D eigenvalue weighted by atomic mass is 9.98. The second kappa shape index (κ2) is 5.56. The molecule has 5 nitrogen and oxygen atoms in total. The summed E-state index contributed by atoms with van der Waals surface area (Å²) in [6.45, 7) is 2.19. The predicted octanol–water partition coefficient (Wildman–Crippen LogP) is 1.96. The molecule has 3 heterocycles. The number of nitrogens with one attached hydrogen (secondary N) is 1. The van der Waals surface area contributed by atoms with Gasteiger partial charge in [0.1, 0.15) is 18.0 Å². The molecule has 0 aromatic carbocycles. The molecule has 2 unspecified atom stereocenters. The summed E-state index contributed by atoms with van der Waals surface area (Å²) >= 11 is 0. The molecule has 0 saturated carbocycles. The van der Waals surface area contributed by atoms with E-state index in [0.717, 1.165) is 37.3 Å². The zero-order valence-corrected chi connectivity index (χ0v) is 12.3. The standard InChI is InChI=1S/C15H24N4O/c1-3-4-13-14(16-2)17-9-18-15(13)19-10-5-6-11(19)8-12(20)7-10/h9-12,20H,3-8H2,1-2H3,(H,16,17,18). The summed E-state index contributed by atoms with van der Waals surface area (Å²) in [7, 11) is 1.92. The van der Waals surface area contributed by atoms with Gasteiger partial charge in [0.2, 0.25) is 0 Å². The fraction of sp³-hybridized carbons (Fsp3) is 0.733. The summed E-state index contributed by atoms with van der Waals surface area (Å²) in [5.74, 6) is 2.04. The van der Waals surface area contributed by atoms with E-state index in [0.29, 0.717) is 12.1 Å². The third-order valence-corrected chi connectivity index (χ3v) is 4.61. The number of aromatic nitrogens is 2. The number of aliphatic hydroxyl groups is 1. The van der Waals surface area contributed by atoms with Gasteiger partial charge < -0.3 is 15.3 Å². The van der Waals surface area contributed by atoms with Crippen LogP contribution in [0.3, 0.4) is 0 Å². The summed E-state index contributed by atoms with van der Waals surface area (Å²) in [6, 6.07) is 0.887. The van der Waals surface area contributed by atoms with E-state index in [4.69, 9.17) is 0 Å². The molecule has 0 aliphatic carbocycles. The van der Waals surface area contributed by atoms with Crippen molar-refractivity contribution in [3.8, 4) is 0 Å². The first kappa shape index (κ1) is 13.6. The normalized spacial score (nSPS) is 28.8. The van der Waals surface area contributed by atoms with Gasteiger partial charge >= 0.3 is 0 Å². The van der Waals surface area contributed by atoms with Crippen LogP contribution in [-0.2, 0) is 6.42 Å². The van der Waals surface area contributed by atoms with E-state index in [9.17, 15) is 5.11 Å². The van der Waals surface area contributed by atoms with Gasteiger partial charge in [-0.3, -0.25) is 0 Å². The van der Waals surface area contributed by atoms with Crippen LogP contribution in [0.5, 0.6) is 0 Å². The van der Waals surface area contributed by atoms with Gasteiger partial charge in [-0.25, -0.2) is 9.97 Å². The average Bonchev–Trinajstić information content (AvgIpc) is 2.71. The minimum absolute atomic E-state index is 0.135. The quantitative estimate of drug-likeness (QED) is 0.880. The van der Waals surface area contributed by atoms with Crippen molar-refractivity contribution in [1.82, 2.24) is 9.97 Å². The highest BCUT2D eigenvalue weighted by Crippen LogP contribution is 2.40. The Balaban J connectivity index is 1.98. The van der Waals surface area contributed by atoms with Crippen LogP contribution in [0.1, 0.15) is 44.6 Å². The molecule has 110 valence electrons. The lowest BCUT2D eigenvalue weighted by Crippen LogP contribution is -2.45. The Morgan fingerprint density at radius 1 is 1.30 bits per heavy atom. The lowest BCUT2D eigenvalue weighted by molar-refractivity contribution is 0.126. The Kier molecular flexibility index (Phi) is 3.78. The Labute approximate surface area is 120 Å². The molecule has 2 fully saturated rings. The van der Waals surface area contributed by atoms with E-state index in [-0.39, 0.29) is 6.10 Å². The summed E-state index contributed by atoms with van der Waals surface area (Å²) in [5.41, 5.74) is 1.23. The predicted molar refractivity (Wildman–Crippen MR) is 80.1 cm³/mol. The minimum Gasteiger partial charge on any atom is -0.393 e. The molecule has 1 aromatic rings. The van der Waals surface area contributed by atoms with Crippen LogP contribution in [0.4, 0.5) is 11.6 Å². The van der Waals surface area contributed by atoms with E-state index in [2.05, 4.69) is 27.1 Å². The number of piperidine rings is 1. The van der Waals surface area contributed by atoms with Crippen molar-refractivity contribution >= 4 is 11.6 Å². The number of fused-ring (bicyclic) bond motifs is 2. The molecule has 1 aromatic heterocycles. The molecular weight excluding hydrogens is 252 g/mol. The minimum atomic E-state index is -0.135.